The Kier molecular flexibility index (Phi) is 4.57. The summed E-state index contributed by atoms with van der Waals surface area (Å²) in [6.45, 7) is 2.71. The summed E-state index contributed by atoms with van der Waals surface area (Å²) in [5.41, 5.74) is 3.91. The average Bonchev–Trinajstić information content (AvgIpc) is 3.27. The van der Waals surface area contributed by atoms with Crippen molar-refractivity contribution in [3.63, 3.8) is 0 Å². The number of carbonyl (C=O) groups excluding carboxylic acids is 1. The molecule has 1 aliphatic heterocycles. The Morgan fingerprint density at radius 3 is 2.88 bits per heavy atom. The third kappa shape index (κ3) is 3.61. The molecule has 0 fully saturated rings. The lowest BCUT2D eigenvalue weighted by molar-refractivity contribution is -0.120. The normalized spacial score (nSPS) is 15.7. The highest BCUT2D eigenvalue weighted by molar-refractivity contribution is 8.00. The topological polar surface area (TPSA) is 47.6 Å². The number of fused-ring (bicyclic) bond motifs is 2. The van der Waals surface area contributed by atoms with Gasteiger partial charge in [0.1, 0.15) is 0 Å². The van der Waals surface area contributed by atoms with Gasteiger partial charge in [0.2, 0.25) is 12.7 Å². The molecule has 1 N–H and O–H groups in total. The number of amides is 1. The molecule has 0 saturated carbocycles. The molecule has 5 heteroatoms. The number of ether oxygens (including phenoxy) is 2. The van der Waals surface area contributed by atoms with Gasteiger partial charge >= 0.3 is 0 Å². The molecular formula is C20H21NO3S. The van der Waals surface area contributed by atoms with Gasteiger partial charge < -0.3 is 14.8 Å². The highest BCUT2D eigenvalue weighted by Crippen LogP contribution is 2.33. The van der Waals surface area contributed by atoms with Crippen LogP contribution < -0.4 is 14.8 Å². The summed E-state index contributed by atoms with van der Waals surface area (Å²) < 4.78 is 10.7. The number of carbonyl (C=O) groups is 1. The van der Waals surface area contributed by atoms with E-state index in [2.05, 4.69) is 23.5 Å². The minimum atomic E-state index is -0.131. The van der Waals surface area contributed by atoms with Crippen molar-refractivity contribution in [3.8, 4) is 11.5 Å². The smallest absolute Gasteiger partial charge is 0.233 e. The predicted octanol–water partition coefficient (Wildman–Crippen LogP) is 3.70. The SMILES string of the molecule is CC(Sc1ccc2c(c1)CCC2)C(=O)NCc1ccc2c(c1)OCO2. The highest BCUT2D eigenvalue weighted by atomic mass is 32.2. The van der Waals surface area contributed by atoms with Gasteiger partial charge in [0.15, 0.2) is 11.5 Å². The Hall–Kier alpha value is -2.14. The van der Waals surface area contributed by atoms with Crippen LogP contribution >= 0.6 is 11.8 Å². The molecule has 130 valence electrons. The Morgan fingerprint density at radius 2 is 1.96 bits per heavy atom. The van der Waals surface area contributed by atoms with Crippen LogP contribution in [0.3, 0.4) is 0 Å². The number of thioether (sulfide) groups is 1. The van der Waals surface area contributed by atoms with Crippen molar-refractivity contribution in [3.05, 3.63) is 53.1 Å². The van der Waals surface area contributed by atoms with E-state index in [1.54, 1.807) is 11.8 Å². The summed E-state index contributed by atoms with van der Waals surface area (Å²) in [5.74, 6) is 1.55. The van der Waals surface area contributed by atoms with Crippen LogP contribution in [0.4, 0.5) is 0 Å². The Morgan fingerprint density at radius 1 is 1.12 bits per heavy atom. The number of hydrogen-bond donors (Lipinski definition) is 1. The van der Waals surface area contributed by atoms with Gasteiger partial charge in [0.05, 0.1) is 5.25 Å². The van der Waals surface area contributed by atoms with E-state index in [1.807, 2.05) is 25.1 Å². The van der Waals surface area contributed by atoms with Crippen molar-refractivity contribution >= 4 is 17.7 Å². The lowest BCUT2D eigenvalue weighted by Crippen LogP contribution is -2.30. The van der Waals surface area contributed by atoms with E-state index >= 15 is 0 Å². The van der Waals surface area contributed by atoms with E-state index in [4.69, 9.17) is 9.47 Å². The van der Waals surface area contributed by atoms with Gasteiger partial charge in [-0.1, -0.05) is 12.1 Å². The van der Waals surface area contributed by atoms with Crippen molar-refractivity contribution in [2.45, 2.75) is 42.9 Å². The molecule has 1 heterocycles. The van der Waals surface area contributed by atoms with Crippen LogP contribution in [0.5, 0.6) is 11.5 Å². The molecule has 1 unspecified atom stereocenters. The first-order valence-corrected chi connectivity index (χ1v) is 9.52. The maximum atomic E-state index is 12.4. The third-order valence-electron chi connectivity index (χ3n) is 4.66. The second kappa shape index (κ2) is 7.00. The van der Waals surface area contributed by atoms with Crippen molar-refractivity contribution < 1.29 is 14.3 Å². The summed E-state index contributed by atoms with van der Waals surface area (Å²) in [5, 5.41) is 2.88. The molecule has 0 radical (unpaired) electrons. The highest BCUT2D eigenvalue weighted by Gasteiger charge is 2.17. The zero-order valence-electron chi connectivity index (χ0n) is 14.2. The summed E-state index contributed by atoms with van der Waals surface area (Å²) >= 11 is 1.62. The number of rotatable bonds is 5. The Labute approximate surface area is 151 Å². The fourth-order valence-electron chi connectivity index (χ4n) is 3.26. The second-order valence-corrected chi connectivity index (χ2v) is 7.86. The van der Waals surface area contributed by atoms with Crippen LogP contribution in [-0.2, 0) is 24.2 Å². The summed E-state index contributed by atoms with van der Waals surface area (Å²) in [6.07, 6.45) is 3.59. The van der Waals surface area contributed by atoms with E-state index in [0.29, 0.717) is 6.54 Å². The monoisotopic (exact) mass is 355 g/mol. The molecular weight excluding hydrogens is 334 g/mol. The molecule has 2 aromatic rings. The molecule has 0 bridgehead atoms. The summed E-state index contributed by atoms with van der Waals surface area (Å²) in [6, 6.07) is 12.3. The zero-order valence-corrected chi connectivity index (χ0v) is 15.0. The minimum absolute atomic E-state index is 0.0446. The van der Waals surface area contributed by atoms with E-state index in [9.17, 15) is 4.79 Å². The van der Waals surface area contributed by atoms with E-state index in [0.717, 1.165) is 23.5 Å². The molecule has 1 atom stereocenters. The Balaban J connectivity index is 1.33. The van der Waals surface area contributed by atoms with Crippen molar-refractivity contribution in [2.24, 2.45) is 0 Å². The van der Waals surface area contributed by atoms with Gasteiger partial charge in [-0.25, -0.2) is 0 Å². The van der Waals surface area contributed by atoms with E-state index in [-0.39, 0.29) is 18.0 Å². The first-order valence-electron chi connectivity index (χ1n) is 8.64. The molecule has 25 heavy (non-hydrogen) atoms. The lowest BCUT2D eigenvalue weighted by Gasteiger charge is -2.13. The van der Waals surface area contributed by atoms with Gasteiger partial charge in [0, 0.05) is 11.4 Å². The number of benzene rings is 2. The molecule has 1 amide bonds. The van der Waals surface area contributed by atoms with Crippen LogP contribution in [0.25, 0.3) is 0 Å². The predicted molar refractivity (Wildman–Crippen MR) is 98.2 cm³/mol. The molecule has 0 aromatic heterocycles. The number of nitrogens with one attached hydrogen (secondary N) is 1. The summed E-state index contributed by atoms with van der Waals surface area (Å²) in [7, 11) is 0. The van der Waals surface area contributed by atoms with Crippen LogP contribution in [0.15, 0.2) is 41.3 Å². The first kappa shape index (κ1) is 16.3. The van der Waals surface area contributed by atoms with Crippen molar-refractivity contribution in [1.82, 2.24) is 5.32 Å². The summed E-state index contributed by atoms with van der Waals surface area (Å²) in [4.78, 5) is 13.6. The molecule has 1 aliphatic carbocycles. The molecule has 2 aliphatic rings. The largest absolute Gasteiger partial charge is 0.454 e. The van der Waals surface area contributed by atoms with Gasteiger partial charge in [-0.3, -0.25) is 4.79 Å². The average molecular weight is 355 g/mol. The lowest BCUT2D eigenvalue weighted by atomic mass is 10.1. The van der Waals surface area contributed by atoms with Crippen molar-refractivity contribution in [2.75, 3.05) is 6.79 Å². The van der Waals surface area contributed by atoms with Crippen LogP contribution in [0.1, 0.15) is 30.0 Å². The van der Waals surface area contributed by atoms with Gasteiger partial charge in [-0.05, 0) is 67.1 Å². The van der Waals surface area contributed by atoms with Gasteiger partial charge in [-0.15, -0.1) is 11.8 Å². The molecule has 4 nitrogen and oxygen atoms in total. The molecule has 4 rings (SSSR count). The second-order valence-electron chi connectivity index (χ2n) is 6.45. The quantitative estimate of drug-likeness (QED) is 0.831. The van der Waals surface area contributed by atoms with Crippen LogP contribution in [0.2, 0.25) is 0 Å². The van der Waals surface area contributed by atoms with E-state index in [1.165, 1.54) is 28.9 Å². The fraction of sp³-hybridized carbons (Fsp3) is 0.350. The standard InChI is InChI=1S/C20H21NO3S/c1-13(25-17-7-6-15-3-2-4-16(15)10-17)20(22)21-11-14-5-8-18-19(9-14)24-12-23-18/h5-10,13H,2-4,11-12H2,1H3,(H,21,22). The van der Waals surface area contributed by atoms with Crippen LogP contribution in [-0.4, -0.2) is 18.0 Å². The molecule has 0 spiro atoms. The number of aryl methyl sites for hydroxylation is 2. The van der Waals surface area contributed by atoms with Crippen molar-refractivity contribution in [1.29, 1.82) is 0 Å². The fourth-order valence-corrected chi connectivity index (χ4v) is 4.22. The minimum Gasteiger partial charge on any atom is -0.454 e. The van der Waals surface area contributed by atoms with Gasteiger partial charge in [0.25, 0.3) is 0 Å². The maximum absolute atomic E-state index is 12.4. The van der Waals surface area contributed by atoms with E-state index < -0.39 is 0 Å². The first-order chi connectivity index (χ1) is 12.2. The van der Waals surface area contributed by atoms with Crippen LogP contribution in [0, 0.1) is 0 Å². The number of hydrogen-bond acceptors (Lipinski definition) is 4. The molecule has 2 aromatic carbocycles. The third-order valence-corrected chi connectivity index (χ3v) is 5.75. The Bertz CT molecular complexity index is 806. The zero-order chi connectivity index (χ0) is 17.2. The maximum Gasteiger partial charge on any atom is 0.233 e. The molecule has 0 saturated heterocycles. The van der Waals surface area contributed by atoms with Gasteiger partial charge in [-0.2, -0.15) is 0 Å².